The van der Waals surface area contributed by atoms with Crippen molar-refractivity contribution in [3.05, 3.63) is 42.0 Å². The summed E-state index contributed by atoms with van der Waals surface area (Å²) in [7, 11) is 3.83. The van der Waals surface area contributed by atoms with Gasteiger partial charge in [-0.3, -0.25) is 4.79 Å². The first-order valence-corrected chi connectivity index (χ1v) is 10.3. The summed E-state index contributed by atoms with van der Waals surface area (Å²) in [4.78, 5) is 16.5. The zero-order valence-corrected chi connectivity index (χ0v) is 17.5. The van der Waals surface area contributed by atoms with Crippen LogP contribution in [0.3, 0.4) is 0 Å². The van der Waals surface area contributed by atoms with Crippen LogP contribution in [-0.2, 0) is 0 Å². The smallest absolute Gasteiger partial charge is 0.253 e. The molecule has 1 aromatic heterocycles. The molecule has 1 unspecified atom stereocenters. The largest absolute Gasteiger partial charge is 0.494 e. The molecule has 1 aliphatic heterocycles. The summed E-state index contributed by atoms with van der Waals surface area (Å²) in [6.07, 6.45) is 4.10. The Morgan fingerprint density at radius 1 is 1.14 bits per heavy atom. The quantitative estimate of drug-likeness (QED) is 0.603. The fourth-order valence-electron chi connectivity index (χ4n) is 3.21. The molecule has 0 radical (unpaired) electrons. The number of aromatic nitrogens is 2. The van der Waals surface area contributed by atoms with Gasteiger partial charge in [-0.05, 0) is 36.8 Å². The van der Waals surface area contributed by atoms with Crippen LogP contribution in [0, 0.1) is 0 Å². The molecule has 29 heavy (non-hydrogen) atoms. The second kappa shape index (κ2) is 10.1. The summed E-state index contributed by atoms with van der Waals surface area (Å²) in [5.41, 5.74) is 0.668. The van der Waals surface area contributed by atoms with Crippen LogP contribution in [0.4, 0.5) is 5.82 Å². The molecule has 1 amide bonds. The fourth-order valence-corrected chi connectivity index (χ4v) is 3.21. The minimum Gasteiger partial charge on any atom is -0.494 e. The van der Waals surface area contributed by atoms with Gasteiger partial charge in [-0.25, -0.2) is 0 Å². The molecule has 1 aromatic carbocycles. The van der Waals surface area contributed by atoms with Crippen LogP contribution in [0.5, 0.6) is 11.6 Å². The Morgan fingerprint density at radius 3 is 2.59 bits per heavy atom. The Morgan fingerprint density at radius 2 is 1.93 bits per heavy atom. The van der Waals surface area contributed by atoms with Gasteiger partial charge in [0, 0.05) is 38.7 Å². The highest BCUT2D eigenvalue weighted by Gasteiger charge is 2.28. The number of hydrogen-bond acceptors (Lipinski definition) is 6. The Balaban J connectivity index is 1.49. The summed E-state index contributed by atoms with van der Waals surface area (Å²) in [6.45, 7) is 4.10. The molecule has 2 heterocycles. The Labute approximate surface area is 172 Å². The average Bonchev–Trinajstić information content (AvgIpc) is 3.20. The molecule has 1 fully saturated rings. The molecule has 7 nitrogen and oxygen atoms in total. The van der Waals surface area contributed by atoms with E-state index in [1.165, 1.54) is 12.8 Å². The molecule has 7 heteroatoms. The van der Waals surface area contributed by atoms with Crippen LogP contribution in [0.15, 0.2) is 36.4 Å². The topological polar surface area (TPSA) is 67.8 Å². The van der Waals surface area contributed by atoms with E-state index < -0.39 is 0 Å². The van der Waals surface area contributed by atoms with Crippen molar-refractivity contribution < 1.29 is 14.3 Å². The van der Waals surface area contributed by atoms with Crippen LogP contribution in [0.25, 0.3) is 0 Å². The number of nitrogens with zero attached hydrogens (tertiary/aromatic N) is 4. The second-order valence-electron chi connectivity index (χ2n) is 7.48. The SMILES string of the molecule is CCCCCOc1ccc(C(=O)N2CCC(Oc3ccc(N(C)C)nn3)C2)cc1. The van der Waals surface area contributed by atoms with Gasteiger partial charge in [0.1, 0.15) is 11.9 Å². The maximum absolute atomic E-state index is 12.8. The number of likely N-dealkylation sites (tertiary alicyclic amines) is 1. The number of carbonyl (C=O) groups excluding carboxylic acids is 1. The Hall–Kier alpha value is -2.83. The van der Waals surface area contributed by atoms with Gasteiger partial charge in [-0.15, -0.1) is 10.2 Å². The summed E-state index contributed by atoms with van der Waals surface area (Å²) in [6, 6.07) is 11.1. The third-order valence-electron chi connectivity index (χ3n) is 4.92. The van der Waals surface area contributed by atoms with Crippen molar-refractivity contribution in [2.75, 3.05) is 38.7 Å². The van der Waals surface area contributed by atoms with Crippen LogP contribution < -0.4 is 14.4 Å². The second-order valence-corrected chi connectivity index (χ2v) is 7.48. The number of rotatable bonds is 9. The molecule has 0 aliphatic carbocycles. The van der Waals surface area contributed by atoms with E-state index in [9.17, 15) is 4.79 Å². The molecular weight excluding hydrogens is 368 g/mol. The van der Waals surface area contributed by atoms with E-state index >= 15 is 0 Å². The lowest BCUT2D eigenvalue weighted by Gasteiger charge is -2.17. The monoisotopic (exact) mass is 398 g/mol. The number of amides is 1. The summed E-state index contributed by atoms with van der Waals surface area (Å²) >= 11 is 0. The number of ether oxygens (including phenoxy) is 2. The van der Waals surface area contributed by atoms with E-state index in [0.717, 1.165) is 24.4 Å². The van der Waals surface area contributed by atoms with E-state index in [0.29, 0.717) is 31.1 Å². The zero-order valence-electron chi connectivity index (χ0n) is 17.5. The molecule has 0 spiro atoms. The van der Waals surface area contributed by atoms with Gasteiger partial charge in [0.25, 0.3) is 5.91 Å². The van der Waals surface area contributed by atoms with E-state index in [1.807, 2.05) is 60.3 Å². The summed E-state index contributed by atoms with van der Waals surface area (Å²) in [5, 5.41) is 8.23. The fraction of sp³-hybridized carbons (Fsp3) is 0.500. The third-order valence-corrected chi connectivity index (χ3v) is 4.92. The minimum absolute atomic E-state index is 0.0164. The molecule has 156 valence electrons. The Bertz CT molecular complexity index is 778. The Kier molecular flexibility index (Phi) is 7.27. The van der Waals surface area contributed by atoms with E-state index in [2.05, 4.69) is 17.1 Å². The maximum Gasteiger partial charge on any atom is 0.253 e. The predicted octanol–water partition coefficient (Wildman–Crippen LogP) is 3.41. The van der Waals surface area contributed by atoms with E-state index in [4.69, 9.17) is 9.47 Å². The molecule has 1 atom stereocenters. The van der Waals surface area contributed by atoms with Crippen LogP contribution in [-0.4, -0.2) is 60.9 Å². The maximum atomic E-state index is 12.8. The number of unbranched alkanes of at least 4 members (excludes halogenated alkanes) is 2. The van der Waals surface area contributed by atoms with E-state index in [1.54, 1.807) is 0 Å². The van der Waals surface area contributed by atoms with Crippen molar-refractivity contribution in [2.45, 2.75) is 38.7 Å². The number of benzene rings is 1. The van der Waals surface area contributed by atoms with Crippen molar-refractivity contribution in [1.82, 2.24) is 15.1 Å². The highest BCUT2D eigenvalue weighted by molar-refractivity contribution is 5.94. The van der Waals surface area contributed by atoms with Crippen molar-refractivity contribution in [1.29, 1.82) is 0 Å². The van der Waals surface area contributed by atoms with Crippen molar-refractivity contribution >= 4 is 11.7 Å². The zero-order chi connectivity index (χ0) is 20.6. The van der Waals surface area contributed by atoms with Crippen molar-refractivity contribution in [3.63, 3.8) is 0 Å². The van der Waals surface area contributed by atoms with Gasteiger partial charge in [0.2, 0.25) is 5.88 Å². The van der Waals surface area contributed by atoms with Gasteiger partial charge in [0.15, 0.2) is 5.82 Å². The van der Waals surface area contributed by atoms with Gasteiger partial charge in [-0.1, -0.05) is 19.8 Å². The van der Waals surface area contributed by atoms with Crippen LogP contribution in [0.1, 0.15) is 43.0 Å². The van der Waals surface area contributed by atoms with Crippen LogP contribution >= 0.6 is 0 Å². The normalized spacial score (nSPS) is 16.0. The summed E-state index contributed by atoms with van der Waals surface area (Å²) in [5.74, 6) is 2.08. The average molecular weight is 399 g/mol. The lowest BCUT2D eigenvalue weighted by Crippen LogP contribution is -2.31. The molecule has 3 rings (SSSR count). The highest BCUT2D eigenvalue weighted by Crippen LogP contribution is 2.20. The number of hydrogen-bond donors (Lipinski definition) is 0. The van der Waals surface area contributed by atoms with E-state index in [-0.39, 0.29) is 12.0 Å². The van der Waals surface area contributed by atoms with Crippen molar-refractivity contribution in [2.24, 2.45) is 0 Å². The van der Waals surface area contributed by atoms with Crippen molar-refractivity contribution in [3.8, 4) is 11.6 Å². The number of carbonyl (C=O) groups is 1. The molecule has 0 bridgehead atoms. The lowest BCUT2D eigenvalue weighted by atomic mass is 10.2. The molecule has 0 saturated carbocycles. The van der Waals surface area contributed by atoms with Gasteiger partial charge in [-0.2, -0.15) is 0 Å². The molecule has 0 N–H and O–H groups in total. The number of anilines is 1. The van der Waals surface area contributed by atoms with Gasteiger partial charge in [0.05, 0.1) is 13.2 Å². The first-order valence-electron chi connectivity index (χ1n) is 10.3. The molecule has 1 aliphatic rings. The molecule has 1 saturated heterocycles. The van der Waals surface area contributed by atoms with Gasteiger partial charge >= 0.3 is 0 Å². The lowest BCUT2D eigenvalue weighted by molar-refractivity contribution is 0.0771. The minimum atomic E-state index is -0.0698. The van der Waals surface area contributed by atoms with Crippen LogP contribution in [0.2, 0.25) is 0 Å². The first kappa shape index (κ1) is 20.9. The highest BCUT2D eigenvalue weighted by atomic mass is 16.5. The molecular formula is C22H30N4O3. The van der Waals surface area contributed by atoms with Gasteiger partial charge < -0.3 is 19.3 Å². The summed E-state index contributed by atoms with van der Waals surface area (Å²) < 4.78 is 11.6. The standard InChI is InChI=1S/C22H30N4O3/c1-4-5-6-15-28-18-9-7-17(8-10-18)22(27)26-14-13-19(16-26)29-21-12-11-20(23-24-21)25(2)3/h7-12,19H,4-6,13-16H2,1-3H3. The predicted molar refractivity (Wildman–Crippen MR) is 113 cm³/mol. The third kappa shape index (κ3) is 5.82. The first-order chi connectivity index (χ1) is 14.1. The molecule has 2 aromatic rings.